The predicted octanol–water partition coefficient (Wildman–Crippen LogP) is 2.82. The lowest BCUT2D eigenvalue weighted by Gasteiger charge is -2.45. The maximum atomic E-state index is 11.2. The summed E-state index contributed by atoms with van der Waals surface area (Å²) in [5.74, 6) is -0.815. The summed E-state index contributed by atoms with van der Waals surface area (Å²) in [6, 6.07) is 20.8. The lowest BCUT2D eigenvalue weighted by Crippen LogP contribution is -2.68. The summed E-state index contributed by atoms with van der Waals surface area (Å²) >= 11 is 0. The number of benzene rings is 2. The zero-order valence-corrected chi connectivity index (χ0v) is 21.4. The van der Waals surface area contributed by atoms with Crippen LogP contribution in [0.3, 0.4) is 0 Å². The summed E-state index contributed by atoms with van der Waals surface area (Å²) in [6.07, 6.45) is -3.21. The Labute approximate surface area is 197 Å². The molecule has 0 aromatic heterocycles. The van der Waals surface area contributed by atoms with Crippen LogP contribution >= 0.6 is 0 Å². The second-order valence-corrected chi connectivity index (χ2v) is 14.6. The number of fused-ring (bicyclic) bond motifs is 1. The van der Waals surface area contributed by atoms with Crippen LogP contribution in [0.2, 0.25) is 5.04 Å². The first-order chi connectivity index (χ1) is 15.6. The molecular weight excluding hydrogens is 436 g/mol. The topological polar surface area (TPSA) is 66.4 Å². The van der Waals surface area contributed by atoms with Crippen molar-refractivity contribution in [2.24, 2.45) is 0 Å². The fourth-order valence-electron chi connectivity index (χ4n) is 5.13. The number of ether oxygens (including phenoxy) is 4. The molecule has 0 aliphatic carbocycles. The molecule has 6 nitrogen and oxygen atoms in total. The number of rotatable bonds is 6. The molecule has 2 aromatic carbocycles. The lowest BCUT2D eigenvalue weighted by molar-refractivity contribution is -0.271. The summed E-state index contributed by atoms with van der Waals surface area (Å²) in [7, 11) is -1.18. The Bertz CT molecular complexity index is 874. The number of methoxy groups -OCH3 is 1. The predicted molar refractivity (Wildman–Crippen MR) is 129 cm³/mol. The van der Waals surface area contributed by atoms with E-state index in [0.717, 1.165) is 0 Å². The molecule has 7 heteroatoms. The smallest absolute Gasteiger partial charge is 0.261 e. The van der Waals surface area contributed by atoms with Gasteiger partial charge >= 0.3 is 0 Å². The van der Waals surface area contributed by atoms with E-state index in [1.54, 1.807) is 7.11 Å². The van der Waals surface area contributed by atoms with E-state index in [4.69, 9.17) is 23.4 Å². The van der Waals surface area contributed by atoms with Gasteiger partial charge in [0.2, 0.25) is 0 Å². The summed E-state index contributed by atoms with van der Waals surface area (Å²) < 4.78 is 30.7. The van der Waals surface area contributed by atoms with Gasteiger partial charge in [-0.05, 0) is 29.3 Å². The normalized spacial score (nSPS) is 29.6. The van der Waals surface area contributed by atoms with Crippen LogP contribution in [0.15, 0.2) is 60.7 Å². The first-order valence-electron chi connectivity index (χ1n) is 11.6. The van der Waals surface area contributed by atoms with E-state index in [0.29, 0.717) is 0 Å². The molecule has 2 saturated heterocycles. The van der Waals surface area contributed by atoms with Gasteiger partial charge in [-0.1, -0.05) is 81.4 Å². The van der Waals surface area contributed by atoms with Crippen LogP contribution in [0, 0.1) is 0 Å². The minimum atomic E-state index is -2.76. The Balaban J connectivity index is 1.68. The Morgan fingerprint density at radius 1 is 0.909 bits per heavy atom. The van der Waals surface area contributed by atoms with Gasteiger partial charge < -0.3 is 28.5 Å². The fourth-order valence-corrected chi connectivity index (χ4v) is 9.70. The highest BCUT2D eigenvalue weighted by atomic mass is 28.4. The quantitative estimate of drug-likeness (QED) is 0.653. The van der Waals surface area contributed by atoms with Crippen LogP contribution < -0.4 is 10.4 Å². The highest BCUT2D eigenvalue weighted by Gasteiger charge is 2.56. The summed E-state index contributed by atoms with van der Waals surface area (Å²) in [5.41, 5.74) is 0. The van der Waals surface area contributed by atoms with E-state index in [-0.39, 0.29) is 11.6 Å². The van der Waals surface area contributed by atoms with Gasteiger partial charge in [-0.15, -0.1) is 0 Å². The molecule has 5 atom stereocenters. The molecule has 2 aliphatic rings. The van der Waals surface area contributed by atoms with E-state index < -0.39 is 44.8 Å². The molecule has 2 fully saturated rings. The van der Waals surface area contributed by atoms with Crippen LogP contribution in [-0.2, 0) is 23.4 Å². The zero-order valence-electron chi connectivity index (χ0n) is 20.4. The summed E-state index contributed by atoms with van der Waals surface area (Å²) in [5, 5.41) is 13.4. The van der Waals surface area contributed by atoms with E-state index in [1.807, 2.05) is 26.0 Å². The van der Waals surface area contributed by atoms with Gasteiger partial charge in [-0.25, -0.2) is 0 Å². The molecule has 0 unspecified atom stereocenters. The first-order valence-corrected chi connectivity index (χ1v) is 13.5. The van der Waals surface area contributed by atoms with Gasteiger partial charge in [-0.3, -0.25) is 0 Å². The standard InChI is InChI=1S/C26H36O6Si/c1-25(2,3)33(18-13-9-7-10-14-18,19-15-11-8-12-16-19)29-17-20-21(27)22-23(24(28-6)30-20)32-26(4,5)31-22/h7-16,20-24,27H,17H2,1-6H3/t20-,21+,22+,23+,24+/m1/s1. The average Bonchev–Trinajstić information content (AvgIpc) is 3.12. The molecule has 1 N–H and O–H groups in total. The van der Waals surface area contributed by atoms with Crippen LogP contribution in [0.25, 0.3) is 0 Å². The van der Waals surface area contributed by atoms with Crippen molar-refractivity contribution in [3.05, 3.63) is 60.7 Å². The molecule has 180 valence electrons. The lowest BCUT2D eigenvalue weighted by atomic mass is 9.99. The van der Waals surface area contributed by atoms with Crippen molar-refractivity contribution in [3.63, 3.8) is 0 Å². The Morgan fingerprint density at radius 2 is 1.42 bits per heavy atom. The molecule has 0 bridgehead atoms. The second-order valence-electron chi connectivity index (χ2n) is 10.3. The van der Waals surface area contributed by atoms with E-state index in [1.165, 1.54) is 10.4 Å². The van der Waals surface area contributed by atoms with E-state index in [2.05, 4.69) is 69.3 Å². The van der Waals surface area contributed by atoms with Crippen LogP contribution in [0.1, 0.15) is 34.6 Å². The molecule has 0 radical (unpaired) electrons. The summed E-state index contributed by atoms with van der Waals surface area (Å²) in [6.45, 7) is 10.5. The van der Waals surface area contributed by atoms with Crippen molar-refractivity contribution in [3.8, 4) is 0 Å². The van der Waals surface area contributed by atoms with Gasteiger partial charge in [0.05, 0.1) is 6.61 Å². The number of hydrogen-bond acceptors (Lipinski definition) is 6. The van der Waals surface area contributed by atoms with Gasteiger partial charge in [0.25, 0.3) is 8.32 Å². The molecular formula is C26H36O6Si. The first kappa shape index (κ1) is 24.5. The molecule has 0 saturated carbocycles. The highest BCUT2D eigenvalue weighted by Crippen LogP contribution is 2.40. The zero-order chi connectivity index (χ0) is 23.9. The molecule has 0 spiro atoms. The Hall–Kier alpha value is -1.58. The maximum absolute atomic E-state index is 11.2. The van der Waals surface area contributed by atoms with Crippen molar-refractivity contribution in [2.45, 2.75) is 76.1 Å². The third-order valence-corrected chi connectivity index (χ3v) is 11.6. The van der Waals surface area contributed by atoms with Crippen molar-refractivity contribution < 1.29 is 28.5 Å². The van der Waals surface area contributed by atoms with Crippen LogP contribution in [0.5, 0.6) is 0 Å². The largest absolute Gasteiger partial charge is 0.405 e. The molecule has 2 aliphatic heterocycles. The third-order valence-electron chi connectivity index (χ3n) is 6.57. The van der Waals surface area contributed by atoms with Crippen molar-refractivity contribution in [2.75, 3.05) is 13.7 Å². The summed E-state index contributed by atoms with van der Waals surface area (Å²) in [4.78, 5) is 0. The third kappa shape index (κ3) is 4.56. The molecule has 33 heavy (non-hydrogen) atoms. The minimum Gasteiger partial charge on any atom is -0.405 e. The van der Waals surface area contributed by atoms with Gasteiger partial charge in [0.1, 0.15) is 24.4 Å². The average molecular weight is 473 g/mol. The molecule has 0 amide bonds. The van der Waals surface area contributed by atoms with Gasteiger partial charge in [0, 0.05) is 7.11 Å². The second kappa shape index (κ2) is 9.22. The SMILES string of the molecule is CO[C@H]1O[C@H](CO[Si](c2ccccc2)(c2ccccc2)C(C)(C)C)[C@H](O)[C@@H]2OC(C)(C)O[C@H]12. The van der Waals surface area contributed by atoms with Gasteiger partial charge in [-0.2, -0.15) is 0 Å². The van der Waals surface area contributed by atoms with Crippen molar-refractivity contribution in [1.82, 2.24) is 0 Å². The fraction of sp³-hybridized carbons (Fsp3) is 0.538. The van der Waals surface area contributed by atoms with Gasteiger partial charge in [0.15, 0.2) is 12.1 Å². The maximum Gasteiger partial charge on any atom is 0.261 e. The van der Waals surface area contributed by atoms with Crippen molar-refractivity contribution in [1.29, 1.82) is 0 Å². The molecule has 4 rings (SSSR count). The number of aliphatic hydroxyl groups is 1. The van der Waals surface area contributed by atoms with Crippen molar-refractivity contribution >= 4 is 18.7 Å². The monoisotopic (exact) mass is 472 g/mol. The van der Waals surface area contributed by atoms with Crippen LogP contribution in [-0.4, -0.2) is 63.6 Å². The molecule has 2 aromatic rings. The van der Waals surface area contributed by atoms with Crippen LogP contribution in [0.4, 0.5) is 0 Å². The number of hydrogen-bond donors (Lipinski definition) is 1. The number of aliphatic hydroxyl groups excluding tert-OH is 1. The van der Waals surface area contributed by atoms with E-state index in [9.17, 15) is 5.11 Å². The highest BCUT2D eigenvalue weighted by molar-refractivity contribution is 6.99. The molecule has 2 heterocycles. The Morgan fingerprint density at radius 3 is 1.91 bits per heavy atom. The minimum absolute atomic E-state index is 0.173. The Kier molecular flexibility index (Phi) is 6.86. The van der Waals surface area contributed by atoms with E-state index >= 15 is 0 Å².